The number of rotatable bonds is 5. The summed E-state index contributed by atoms with van der Waals surface area (Å²) in [5.41, 5.74) is 6.98. The highest BCUT2D eigenvalue weighted by Crippen LogP contribution is 2.43. The summed E-state index contributed by atoms with van der Waals surface area (Å²) < 4.78 is 0.397. The maximum Gasteiger partial charge on any atom is 0.135 e. The second-order valence-electron chi connectivity index (χ2n) is 5.27. The molecule has 4 nitrogen and oxygen atoms in total. The zero-order chi connectivity index (χ0) is 13.2. The third-order valence-corrected chi connectivity index (χ3v) is 5.19. The van der Waals surface area contributed by atoms with Crippen LogP contribution in [0.5, 0.6) is 0 Å². The molecule has 0 spiro atoms. The first kappa shape index (κ1) is 13.5. The van der Waals surface area contributed by atoms with Crippen molar-refractivity contribution in [3.63, 3.8) is 0 Å². The fraction of sp³-hybridized carbons (Fsp3) is 0.692. The maximum atomic E-state index is 5.94. The predicted octanol–water partition coefficient (Wildman–Crippen LogP) is 2.88. The molecule has 0 saturated heterocycles. The number of aromatic nitrogens is 2. The van der Waals surface area contributed by atoms with E-state index in [0.717, 1.165) is 17.9 Å². The lowest BCUT2D eigenvalue weighted by Crippen LogP contribution is -2.40. The molecule has 3 N–H and O–H groups in total. The van der Waals surface area contributed by atoms with Gasteiger partial charge in [-0.1, -0.05) is 20.3 Å². The number of nitrogens with zero attached hydrogens (tertiary/aromatic N) is 2. The highest BCUT2D eigenvalue weighted by atomic mass is 32.2. The van der Waals surface area contributed by atoms with Crippen LogP contribution in [0.1, 0.15) is 44.6 Å². The normalized spacial score (nSPS) is 17.6. The quantitative estimate of drug-likeness (QED) is 0.858. The lowest BCUT2D eigenvalue weighted by atomic mass is 9.84. The van der Waals surface area contributed by atoms with E-state index in [9.17, 15) is 0 Å². The van der Waals surface area contributed by atoms with E-state index < -0.39 is 0 Å². The van der Waals surface area contributed by atoms with Crippen molar-refractivity contribution < 1.29 is 0 Å². The van der Waals surface area contributed by atoms with Crippen molar-refractivity contribution in [3.8, 4) is 0 Å². The second-order valence-corrected chi connectivity index (χ2v) is 6.54. The highest BCUT2D eigenvalue weighted by Gasteiger charge is 2.36. The molecule has 0 atom stereocenters. The number of nitrogens with one attached hydrogen (secondary N) is 1. The van der Waals surface area contributed by atoms with Crippen LogP contribution in [0.15, 0.2) is 6.33 Å². The van der Waals surface area contributed by atoms with E-state index in [1.807, 2.05) is 11.8 Å². The van der Waals surface area contributed by atoms with Crippen LogP contribution in [0.2, 0.25) is 0 Å². The van der Waals surface area contributed by atoms with Crippen molar-refractivity contribution in [1.82, 2.24) is 9.97 Å². The Morgan fingerprint density at radius 2 is 2.17 bits per heavy atom. The van der Waals surface area contributed by atoms with Crippen molar-refractivity contribution in [2.24, 2.45) is 0 Å². The van der Waals surface area contributed by atoms with Gasteiger partial charge >= 0.3 is 0 Å². The third kappa shape index (κ3) is 2.55. The van der Waals surface area contributed by atoms with Gasteiger partial charge in [0.15, 0.2) is 0 Å². The zero-order valence-corrected chi connectivity index (χ0v) is 12.2. The average molecular weight is 266 g/mol. The van der Waals surface area contributed by atoms with Gasteiger partial charge in [-0.15, -0.1) is 0 Å². The molecule has 0 unspecified atom stereocenters. The lowest BCUT2D eigenvalue weighted by molar-refractivity contribution is 0.379. The van der Waals surface area contributed by atoms with Crippen LogP contribution in [0.25, 0.3) is 0 Å². The molecule has 100 valence electrons. The summed E-state index contributed by atoms with van der Waals surface area (Å²) in [6.45, 7) is 5.20. The molecular weight excluding hydrogens is 244 g/mol. The Kier molecular flexibility index (Phi) is 4.00. The topological polar surface area (TPSA) is 63.8 Å². The summed E-state index contributed by atoms with van der Waals surface area (Å²) in [5, 5.41) is 3.48. The average Bonchev–Trinajstić information content (AvgIpc) is 2.27. The first-order chi connectivity index (χ1) is 8.58. The van der Waals surface area contributed by atoms with E-state index in [1.165, 1.54) is 25.6 Å². The van der Waals surface area contributed by atoms with E-state index in [1.54, 1.807) is 0 Å². The Labute approximate surface area is 113 Å². The lowest BCUT2D eigenvalue weighted by Gasteiger charge is -2.40. The summed E-state index contributed by atoms with van der Waals surface area (Å²) in [6.07, 6.45) is 7.65. The SMILES string of the molecule is CSC1(CNc2ncnc(N)c2C(C)C)CCC1. The molecular formula is C13H22N4S. The van der Waals surface area contributed by atoms with Crippen LogP contribution >= 0.6 is 11.8 Å². The van der Waals surface area contributed by atoms with Gasteiger partial charge in [-0.25, -0.2) is 9.97 Å². The largest absolute Gasteiger partial charge is 0.383 e. The molecule has 1 fully saturated rings. The van der Waals surface area contributed by atoms with Gasteiger partial charge in [0.1, 0.15) is 18.0 Å². The van der Waals surface area contributed by atoms with Crippen molar-refractivity contribution in [3.05, 3.63) is 11.9 Å². The van der Waals surface area contributed by atoms with Crippen molar-refractivity contribution >= 4 is 23.4 Å². The smallest absolute Gasteiger partial charge is 0.135 e. The molecule has 18 heavy (non-hydrogen) atoms. The van der Waals surface area contributed by atoms with Crippen LogP contribution in [0.4, 0.5) is 11.6 Å². The van der Waals surface area contributed by atoms with Gasteiger partial charge in [0.2, 0.25) is 0 Å². The molecule has 1 saturated carbocycles. The van der Waals surface area contributed by atoms with E-state index in [0.29, 0.717) is 16.5 Å². The first-order valence-corrected chi connectivity index (χ1v) is 7.70. The molecule has 1 aliphatic rings. The number of nitrogen functional groups attached to an aromatic ring is 1. The summed E-state index contributed by atoms with van der Waals surface area (Å²) in [6, 6.07) is 0. The summed E-state index contributed by atoms with van der Waals surface area (Å²) in [4.78, 5) is 8.43. The first-order valence-electron chi connectivity index (χ1n) is 6.47. The summed E-state index contributed by atoms with van der Waals surface area (Å²) in [5.74, 6) is 1.83. The molecule has 1 aromatic heterocycles. The zero-order valence-electron chi connectivity index (χ0n) is 11.4. The van der Waals surface area contributed by atoms with E-state index in [-0.39, 0.29) is 0 Å². The molecule has 0 amide bonds. The Hall–Kier alpha value is -0.970. The van der Waals surface area contributed by atoms with Gasteiger partial charge in [-0.3, -0.25) is 0 Å². The minimum Gasteiger partial charge on any atom is -0.383 e. The number of thioether (sulfide) groups is 1. The Bertz CT molecular complexity index is 410. The predicted molar refractivity (Wildman–Crippen MR) is 79.1 cm³/mol. The number of nitrogens with two attached hydrogens (primary N) is 1. The Balaban J connectivity index is 2.11. The van der Waals surface area contributed by atoms with Crippen LogP contribution in [-0.4, -0.2) is 27.5 Å². The van der Waals surface area contributed by atoms with Crippen LogP contribution in [0.3, 0.4) is 0 Å². The minimum atomic E-state index is 0.334. The molecule has 1 aromatic rings. The summed E-state index contributed by atoms with van der Waals surface area (Å²) >= 11 is 1.96. The van der Waals surface area contributed by atoms with Gasteiger partial charge < -0.3 is 11.1 Å². The number of hydrogen-bond acceptors (Lipinski definition) is 5. The van der Waals surface area contributed by atoms with Crippen LogP contribution < -0.4 is 11.1 Å². The van der Waals surface area contributed by atoms with Crippen molar-refractivity contribution in [1.29, 1.82) is 0 Å². The maximum absolute atomic E-state index is 5.94. The van der Waals surface area contributed by atoms with E-state index in [2.05, 4.69) is 35.4 Å². The van der Waals surface area contributed by atoms with Crippen LogP contribution in [0, 0.1) is 0 Å². The van der Waals surface area contributed by atoms with Gasteiger partial charge in [0, 0.05) is 16.9 Å². The minimum absolute atomic E-state index is 0.334. The monoisotopic (exact) mass is 266 g/mol. The Morgan fingerprint density at radius 1 is 1.44 bits per heavy atom. The van der Waals surface area contributed by atoms with Gasteiger partial charge in [-0.2, -0.15) is 11.8 Å². The Morgan fingerprint density at radius 3 is 2.67 bits per heavy atom. The van der Waals surface area contributed by atoms with Gasteiger partial charge in [0.05, 0.1) is 0 Å². The number of hydrogen-bond donors (Lipinski definition) is 2. The molecule has 5 heteroatoms. The van der Waals surface area contributed by atoms with E-state index in [4.69, 9.17) is 5.73 Å². The molecule has 0 radical (unpaired) electrons. The number of anilines is 2. The van der Waals surface area contributed by atoms with Gasteiger partial charge in [-0.05, 0) is 25.0 Å². The molecule has 0 bridgehead atoms. The fourth-order valence-electron chi connectivity index (χ4n) is 2.39. The van der Waals surface area contributed by atoms with Crippen LogP contribution in [-0.2, 0) is 0 Å². The summed E-state index contributed by atoms with van der Waals surface area (Å²) in [7, 11) is 0. The molecule has 1 heterocycles. The molecule has 2 rings (SSSR count). The third-order valence-electron chi connectivity index (χ3n) is 3.77. The van der Waals surface area contributed by atoms with E-state index >= 15 is 0 Å². The fourth-order valence-corrected chi connectivity index (χ4v) is 3.30. The van der Waals surface area contributed by atoms with Crippen molar-refractivity contribution in [2.45, 2.75) is 43.8 Å². The molecule has 0 aliphatic heterocycles. The molecule has 1 aliphatic carbocycles. The second kappa shape index (κ2) is 5.34. The molecule has 0 aromatic carbocycles. The highest BCUT2D eigenvalue weighted by molar-refractivity contribution is 8.00. The van der Waals surface area contributed by atoms with Gasteiger partial charge in [0.25, 0.3) is 0 Å². The van der Waals surface area contributed by atoms with Crippen molar-refractivity contribution in [2.75, 3.05) is 23.9 Å². The standard InChI is InChI=1S/C13H22N4S/c1-9(2)10-11(14)16-8-17-12(10)15-7-13(18-3)5-4-6-13/h8-9H,4-7H2,1-3H3,(H3,14,15,16,17).